The second-order valence-electron chi connectivity index (χ2n) is 34.3. The van der Waals surface area contributed by atoms with Gasteiger partial charge < -0.3 is 53.0 Å². The maximum atomic E-state index is 14.2. The van der Waals surface area contributed by atoms with Gasteiger partial charge in [0, 0.05) is 105 Å². The van der Waals surface area contributed by atoms with E-state index >= 15 is 0 Å². The predicted octanol–water partition coefficient (Wildman–Crippen LogP) is 14.2. The van der Waals surface area contributed by atoms with Crippen LogP contribution in [0.25, 0.3) is 66.8 Å². The molecule has 4 aromatic heterocycles. The van der Waals surface area contributed by atoms with Gasteiger partial charge in [0.25, 0.3) is 56.6 Å². The van der Waals surface area contributed by atoms with Crippen molar-refractivity contribution < 1.29 is 97.5 Å². The van der Waals surface area contributed by atoms with Crippen LogP contribution in [-0.4, -0.2) is 164 Å². The third-order valence-electron chi connectivity index (χ3n) is 25.9. The Hall–Kier alpha value is -16.6. The summed E-state index contributed by atoms with van der Waals surface area (Å²) in [5.74, 6) is -3.88. The first kappa shape index (κ1) is 98.4. The molecule has 2 saturated heterocycles. The SMILES string of the molecule is C.CC(C)C(=O)N1CCC(N2CCCCC2)CC1.CCc1c2c(nc3ccc(C)cc13)-c1cc3c(c(=O)n1C2)COC(=O)[C@@]3(CC)OC(=O)[C@H](C)ON=C1c2cc([N+](=O)[O-])cc([N+](=O)[O-])c2-c2c1cc([N+](=O)[O-])cc2[N+](=O)[O-].CCc1c2c(nc3ccc(C)cc13)-c1cc3c(c(=O)n1C2)COC(=O)[C@]3(O)CC.C[C@H](ON=C1c2cc([N+](=O)[O-])cc([N+](=O)[O-])c2-c2c1cc([N+](=O)[O-])cc2[N+](=O)[O-])C(=O)O. The van der Waals surface area contributed by atoms with E-state index in [0.29, 0.717) is 76.9 Å². The molecule has 10 heterocycles. The Morgan fingerprint density at radius 2 is 0.878 bits per heavy atom. The van der Waals surface area contributed by atoms with Gasteiger partial charge in [-0.3, -0.25) is 95.3 Å². The molecule has 0 radical (unpaired) electrons. The second-order valence-corrected chi connectivity index (χ2v) is 34.3. The van der Waals surface area contributed by atoms with Crippen molar-refractivity contribution in [1.82, 2.24) is 28.9 Å². The number of non-ortho nitro benzene ring substituents is 4. The molecule has 0 unspecified atom stereocenters. The monoisotopic (exact) mass is 1910 g/mol. The number of piperidine rings is 2. The molecule has 1 amide bonds. The van der Waals surface area contributed by atoms with Gasteiger partial charge in [0.1, 0.15) is 24.6 Å². The van der Waals surface area contributed by atoms with E-state index in [-0.39, 0.29) is 67.2 Å². The standard InChI is InChI=1S/C39H29N7O14.C23H22N2O4.C16H9N5O11.C14H26N2O.CH4/c1-5-21-22-9-17(3)7-8-28(22)40-35-25(21)15-42-31(35)14-27-26(36(42)47)16-58-38(49)39(27,6-2)59-37(48)18(4)60-41-34-23-10-19(43(50)51)12-29(45(54)55)32(23)33-24(34)11-20(44(52)53)13-30(33)46(56)57;1-4-13-14-8-12(3)6-7-18(14)24-20-15(13)10-25-19(20)9-17-16(21(25)26)11-29-22(27)23(17,28)5-2;1-6(16(22)23)32-17-15-9-2-7(18(24)25)4-11(20(28)29)13(9)14-10(15)3-8(19(26)27)5-12(14)21(30)31;1-12(2)14(17)16-10-6-13(7-11-16)15-8-4-3-5-9-15;/h7-14,18H,5-6,15-16H2,1-4H3;6-9,28H,4-5,10-11H2,1-3H3;2-6H,1H3,(H,22,23);12-13H,3-11H2,1-2H3;1H4/t18-,39-;23-;6-;;/m000../s1. The van der Waals surface area contributed by atoms with Crippen molar-refractivity contribution in [2.45, 2.75) is 190 Å². The third kappa shape index (κ3) is 17.5. The average Bonchev–Trinajstić information content (AvgIpc) is 1.52. The molecule has 139 heavy (non-hydrogen) atoms. The number of oxime groups is 2. The molecule has 4 atom stereocenters. The minimum Gasteiger partial charge on any atom is -0.478 e. The van der Waals surface area contributed by atoms with Gasteiger partial charge in [0.15, 0.2) is 5.60 Å². The van der Waals surface area contributed by atoms with Crippen molar-refractivity contribution >= 4 is 109 Å². The van der Waals surface area contributed by atoms with Gasteiger partial charge >= 0.3 is 23.9 Å². The number of nitro groups is 8. The summed E-state index contributed by atoms with van der Waals surface area (Å²) in [7, 11) is 0. The molecule has 18 rings (SSSR count). The van der Waals surface area contributed by atoms with Gasteiger partial charge in [0.05, 0.1) is 144 Å². The van der Waals surface area contributed by atoms with E-state index in [0.717, 1.165) is 108 Å². The molecule has 2 fully saturated rings. The molecule has 8 aliphatic rings. The van der Waals surface area contributed by atoms with Crippen LogP contribution >= 0.6 is 0 Å². The Kier molecular flexibility index (Phi) is 27.1. The summed E-state index contributed by atoms with van der Waals surface area (Å²) in [5, 5.41) is 123. The number of aliphatic hydroxyl groups is 1. The molecule has 46 nitrogen and oxygen atoms in total. The Bertz CT molecular complexity index is 7070. The van der Waals surface area contributed by atoms with Crippen molar-refractivity contribution in [3.05, 3.63) is 277 Å². The van der Waals surface area contributed by atoms with E-state index in [1.165, 1.54) is 67.8 Å². The number of ether oxygens (including phenoxy) is 3. The zero-order chi connectivity index (χ0) is 99.8. The number of esters is 3. The molecule has 0 bridgehead atoms. The zero-order valence-electron chi connectivity index (χ0n) is 75.5. The quantitative estimate of drug-likeness (QED) is 0.0292. The number of carboxylic acids is 1. The number of fused-ring (bicyclic) bond motifs is 16. The molecule has 0 saturated carbocycles. The number of nitrogens with zero attached hydrogens (tertiary/aromatic N) is 16. The summed E-state index contributed by atoms with van der Waals surface area (Å²) in [5.41, 5.74) is -4.94. The number of pyridine rings is 4. The highest BCUT2D eigenvalue weighted by atomic mass is 16.7. The molecular formula is C93H90N16O30. The van der Waals surface area contributed by atoms with Crippen molar-refractivity contribution in [2.24, 2.45) is 16.2 Å². The summed E-state index contributed by atoms with van der Waals surface area (Å²) in [6.45, 7) is 22.2. The number of rotatable bonds is 21. The van der Waals surface area contributed by atoms with Crippen LogP contribution in [0, 0.1) is 101 Å². The van der Waals surface area contributed by atoms with Gasteiger partial charge in [-0.1, -0.05) is 89.0 Å². The summed E-state index contributed by atoms with van der Waals surface area (Å²) >= 11 is 0. The maximum absolute atomic E-state index is 14.2. The number of carbonyl (C=O) groups excluding carboxylic acids is 4. The van der Waals surface area contributed by atoms with E-state index < -0.39 is 189 Å². The summed E-state index contributed by atoms with van der Waals surface area (Å²) < 4.78 is 19.7. The van der Waals surface area contributed by atoms with Crippen LogP contribution in [0.4, 0.5) is 45.5 Å². The van der Waals surface area contributed by atoms with Gasteiger partial charge in [0.2, 0.25) is 23.7 Å². The minimum absolute atomic E-state index is 0. The Labute approximate surface area is 785 Å². The van der Waals surface area contributed by atoms with Gasteiger partial charge in [-0.05, 0) is 140 Å². The predicted molar refractivity (Wildman–Crippen MR) is 495 cm³/mol. The molecule has 6 aromatic carbocycles. The second kappa shape index (κ2) is 38.3. The molecule has 6 aliphatic heterocycles. The largest absolute Gasteiger partial charge is 0.478 e. The average molecular weight is 1910 g/mol. The van der Waals surface area contributed by atoms with Crippen LogP contribution in [-0.2, 0) is 98.2 Å². The number of benzene rings is 6. The van der Waals surface area contributed by atoms with E-state index in [4.69, 9.17) is 39.0 Å². The number of carbonyl (C=O) groups is 5. The lowest BCUT2D eigenvalue weighted by molar-refractivity contribution is -0.395. The van der Waals surface area contributed by atoms with Crippen molar-refractivity contribution in [3.8, 4) is 45.0 Å². The molecule has 46 heteroatoms. The number of aryl methyl sites for hydroxylation is 4. The Morgan fingerprint density at radius 3 is 1.24 bits per heavy atom. The van der Waals surface area contributed by atoms with E-state index in [9.17, 15) is 120 Å². The smallest absolute Gasteiger partial charge is 0.355 e. The fourth-order valence-corrected chi connectivity index (χ4v) is 19.0. The highest BCUT2D eigenvalue weighted by Crippen LogP contribution is 2.54. The number of hydrogen-bond donors (Lipinski definition) is 2. The van der Waals surface area contributed by atoms with Crippen molar-refractivity contribution in [2.75, 3.05) is 26.2 Å². The van der Waals surface area contributed by atoms with E-state index in [2.05, 4.69) is 40.0 Å². The number of amides is 1. The molecule has 0 spiro atoms. The molecular weight excluding hydrogens is 1820 g/mol. The van der Waals surface area contributed by atoms with E-state index in [1.807, 2.05) is 58.0 Å². The maximum Gasteiger partial charge on any atom is 0.355 e. The van der Waals surface area contributed by atoms with Crippen LogP contribution in [0.2, 0.25) is 0 Å². The molecule has 2 N–H and O–H groups in total. The van der Waals surface area contributed by atoms with Crippen LogP contribution < -0.4 is 11.1 Å². The number of cyclic esters (lactones) is 2. The molecule has 10 aromatic rings. The zero-order valence-corrected chi connectivity index (χ0v) is 75.5. The number of likely N-dealkylation sites (tertiary alicyclic amines) is 2. The fraction of sp³-hybridized carbons (Fsp3) is 0.366. The van der Waals surface area contributed by atoms with Gasteiger partial charge in [-0.15, -0.1) is 0 Å². The van der Waals surface area contributed by atoms with Gasteiger partial charge in [-0.25, -0.2) is 29.1 Å². The highest BCUT2D eigenvalue weighted by Gasteiger charge is 2.53. The number of carboxylic acid groups (broad SMARTS) is 1. The normalized spacial score (nSPS) is 16.9. The van der Waals surface area contributed by atoms with Crippen molar-refractivity contribution in [3.63, 3.8) is 0 Å². The fourth-order valence-electron chi connectivity index (χ4n) is 19.0. The van der Waals surface area contributed by atoms with Crippen LogP contribution in [0.15, 0.2) is 117 Å². The van der Waals surface area contributed by atoms with Crippen LogP contribution in [0.5, 0.6) is 0 Å². The summed E-state index contributed by atoms with van der Waals surface area (Å²) in [6, 6.07) is 21.7. The Morgan fingerprint density at radius 1 is 0.496 bits per heavy atom. The van der Waals surface area contributed by atoms with Crippen LogP contribution in [0.3, 0.4) is 0 Å². The lowest BCUT2D eigenvalue weighted by Crippen LogP contribution is -2.48. The summed E-state index contributed by atoms with van der Waals surface area (Å²) in [4.78, 5) is 201. The first-order valence-electron chi connectivity index (χ1n) is 43.8. The number of hydrogen-bond acceptors (Lipinski definition) is 34. The number of aliphatic carboxylic acids is 1. The Balaban J connectivity index is 0.000000163. The topological polar surface area (TPSA) is 618 Å². The lowest BCUT2D eigenvalue weighted by Gasteiger charge is -2.40. The third-order valence-corrected chi connectivity index (χ3v) is 25.9. The molecule has 722 valence electrons. The first-order valence-corrected chi connectivity index (χ1v) is 43.8. The van der Waals surface area contributed by atoms with E-state index in [1.54, 1.807) is 23.6 Å². The first-order chi connectivity index (χ1) is 65.5. The lowest BCUT2D eigenvalue weighted by atomic mass is 9.85. The summed E-state index contributed by atoms with van der Waals surface area (Å²) in [6.07, 6.45) is 4.60. The van der Waals surface area contributed by atoms with Crippen LogP contribution in [0.1, 0.15) is 186 Å². The van der Waals surface area contributed by atoms with Gasteiger partial charge in [-0.2, -0.15) is 0 Å². The number of aromatic nitrogens is 4. The van der Waals surface area contributed by atoms with Crippen molar-refractivity contribution in [1.29, 1.82) is 0 Å². The highest BCUT2D eigenvalue weighted by molar-refractivity contribution is 6.28. The molecule has 2 aliphatic carbocycles. The number of nitro benzene ring substituents is 8. The minimum atomic E-state index is -2.18.